The summed E-state index contributed by atoms with van der Waals surface area (Å²) in [4.78, 5) is 31.3. The number of benzene rings is 1. The molecule has 1 aromatic carbocycles. The Morgan fingerprint density at radius 1 is 0.966 bits per heavy atom. The van der Waals surface area contributed by atoms with Gasteiger partial charge >= 0.3 is 0 Å². The highest BCUT2D eigenvalue weighted by Gasteiger charge is 2.26. The molecule has 0 spiro atoms. The number of hydrogen-bond donors (Lipinski definition) is 1. The van der Waals surface area contributed by atoms with Crippen molar-refractivity contribution in [3.63, 3.8) is 0 Å². The number of nitrogens with one attached hydrogen (secondary N) is 1. The fourth-order valence-corrected chi connectivity index (χ4v) is 4.28. The summed E-state index contributed by atoms with van der Waals surface area (Å²) in [5.74, 6) is 0.367. The van der Waals surface area contributed by atoms with E-state index in [1.165, 1.54) is 12.0 Å². The molecule has 2 aliphatic rings. The first-order chi connectivity index (χ1) is 14.1. The second kappa shape index (κ2) is 11.3. The fourth-order valence-electron chi connectivity index (χ4n) is 4.28. The van der Waals surface area contributed by atoms with Gasteiger partial charge in [0.25, 0.3) is 0 Å². The quantitative estimate of drug-likeness (QED) is 0.676. The van der Waals surface area contributed by atoms with Gasteiger partial charge in [0.2, 0.25) is 11.8 Å². The van der Waals surface area contributed by atoms with Crippen molar-refractivity contribution in [2.45, 2.75) is 45.1 Å². The van der Waals surface area contributed by atoms with Gasteiger partial charge in [-0.2, -0.15) is 0 Å². The SMILES string of the molecule is CC1CCCCN1C(=O)CN1CCN(CC(=O)NCCCc2ccccc2)CC1. The Kier molecular flexibility index (Phi) is 8.50. The van der Waals surface area contributed by atoms with Crippen LogP contribution in [0.3, 0.4) is 0 Å². The van der Waals surface area contributed by atoms with Gasteiger partial charge in [0.05, 0.1) is 13.1 Å². The molecule has 29 heavy (non-hydrogen) atoms. The molecule has 160 valence electrons. The second-order valence-electron chi connectivity index (χ2n) is 8.42. The molecular formula is C23H36N4O2. The Labute approximate surface area is 175 Å². The van der Waals surface area contributed by atoms with Crippen LogP contribution in [-0.2, 0) is 16.0 Å². The first-order valence-corrected chi connectivity index (χ1v) is 11.2. The number of likely N-dealkylation sites (tertiary alicyclic amines) is 1. The van der Waals surface area contributed by atoms with Gasteiger partial charge in [0.15, 0.2) is 0 Å². The number of piperidine rings is 1. The van der Waals surface area contributed by atoms with Crippen LogP contribution >= 0.6 is 0 Å². The van der Waals surface area contributed by atoms with Crippen LogP contribution in [0.4, 0.5) is 0 Å². The lowest BCUT2D eigenvalue weighted by Crippen LogP contribution is -2.53. The average Bonchev–Trinajstić information content (AvgIpc) is 2.74. The van der Waals surface area contributed by atoms with Crippen LogP contribution in [-0.4, -0.2) is 84.9 Å². The summed E-state index contributed by atoms with van der Waals surface area (Å²) in [7, 11) is 0. The van der Waals surface area contributed by atoms with Gasteiger partial charge in [-0.15, -0.1) is 0 Å². The van der Waals surface area contributed by atoms with Crippen LogP contribution in [0.5, 0.6) is 0 Å². The lowest BCUT2D eigenvalue weighted by molar-refractivity contribution is -0.136. The predicted molar refractivity (Wildman–Crippen MR) is 116 cm³/mol. The third kappa shape index (κ3) is 7.12. The summed E-state index contributed by atoms with van der Waals surface area (Å²) in [5.41, 5.74) is 1.31. The largest absolute Gasteiger partial charge is 0.355 e. The van der Waals surface area contributed by atoms with Crippen molar-refractivity contribution in [1.82, 2.24) is 20.0 Å². The van der Waals surface area contributed by atoms with Gasteiger partial charge in [-0.3, -0.25) is 19.4 Å². The minimum atomic E-state index is 0.102. The van der Waals surface area contributed by atoms with E-state index in [9.17, 15) is 9.59 Å². The summed E-state index contributed by atoms with van der Waals surface area (Å²) < 4.78 is 0. The lowest BCUT2D eigenvalue weighted by Gasteiger charge is -2.37. The molecule has 0 aromatic heterocycles. The Morgan fingerprint density at radius 2 is 1.66 bits per heavy atom. The fraction of sp³-hybridized carbons (Fsp3) is 0.652. The molecule has 2 aliphatic heterocycles. The molecule has 0 aliphatic carbocycles. The number of carbonyl (C=O) groups excluding carboxylic acids is 2. The van der Waals surface area contributed by atoms with E-state index in [0.717, 1.165) is 65.0 Å². The molecule has 2 saturated heterocycles. The highest BCUT2D eigenvalue weighted by Crippen LogP contribution is 2.17. The molecule has 1 N–H and O–H groups in total. The molecule has 3 rings (SSSR count). The van der Waals surface area contributed by atoms with Gasteiger partial charge in [0.1, 0.15) is 0 Å². The Bertz CT molecular complexity index is 644. The van der Waals surface area contributed by atoms with E-state index in [4.69, 9.17) is 0 Å². The lowest BCUT2D eigenvalue weighted by atomic mass is 10.0. The maximum Gasteiger partial charge on any atom is 0.236 e. The first-order valence-electron chi connectivity index (χ1n) is 11.2. The van der Waals surface area contributed by atoms with Crippen LogP contribution in [0.1, 0.15) is 38.2 Å². The zero-order valence-corrected chi connectivity index (χ0v) is 17.8. The summed E-state index contributed by atoms with van der Waals surface area (Å²) in [6, 6.07) is 10.7. The summed E-state index contributed by atoms with van der Waals surface area (Å²) in [6.45, 7) is 8.17. The van der Waals surface area contributed by atoms with Crippen molar-refractivity contribution in [1.29, 1.82) is 0 Å². The number of rotatable bonds is 8. The van der Waals surface area contributed by atoms with E-state index in [2.05, 4.69) is 39.1 Å². The van der Waals surface area contributed by atoms with Crippen LogP contribution in [0.2, 0.25) is 0 Å². The maximum absolute atomic E-state index is 12.6. The Hall–Kier alpha value is -1.92. The molecule has 0 radical (unpaired) electrons. The molecule has 0 bridgehead atoms. The highest BCUT2D eigenvalue weighted by molar-refractivity contribution is 5.79. The summed E-state index contributed by atoms with van der Waals surface area (Å²) >= 11 is 0. The molecule has 2 heterocycles. The molecule has 2 amide bonds. The van der Waals surface area contributed by atoms with Gasteiger partial charge < -0.3 is 10.2 Å². The monoisotopic (exact) mass is 400 g/mol. The van der Waals surface area contributed by atoms with E-state index in [-0.39, 0.29) is 11.8 Å². The minimum absolute atomic E-state index is 0.102. The summed E-state index contributed by atoms with van der Waals surface area (Å²) in [6.07, 6.45) is 5.44. The first kappa shape index (κ1) is 21.8. The molecule has 0 saturated carbocycles. The zero-order chi connectivity index (χ0) is 20.5. The molecule has 1 atom stereocenters. The normalized spacial score (nSPS) is 21.1. The van der Waals surface area contributed by atoms with Crippen molar-refractivity contribution in [2.75, 3.05) is 52.4 Å². The highest BCUT2D eigenvalue weighted by atomic mass is 16.2. The number of piperazine rings is 1. The Balaban J connectivity index is 1.28. The minimum Gasteiger partial charge on any atom is -0.355 e. The topological polar surface area (TPSA) is 55.9 Å². The number of aryl methyl sites for hydroxylation is 1. The molecule has 6 heteroatoms. The van der Waals surface area contributed by atoms with Crippen LogP contribution in [0.15, 0.2) is 30.3 Å². The number of nitrogens with zero attached hydrogens (tertiary/aromatic N) is 3. The predicted octanol–water partition coefficient (Wildman–Crippen LogP) is 1.75. The van der Waals surface area contributed by atoms with Gasteiger partial charge in [-0.25, -0.2) is 0 Å². The number of hydrogen-bond acceptors (Lipinski definition) is 4. The summed E-state index contributed by atoms with van der Waals surface area (Å²) in [5, 5.41) is 3.04. The number of amides is 2. The van der Waals surface area contributed by atoms with Gasteiger partial charge in [-0.1, -0.05) is 30.3 Å². The van der Waals surface area contributed by atoms with E-state index in [1.807, 2.05) is 18.2 Å². The molecular weight excluding hydrogens is 364 g/mol. The van der Waals surface area contributed by atoms with Crippen molar-refractivity contribution in [2.24, 2.45) is 0 Å². The van der Waals surface area contributed by atoms with Crippen molar-refractivity contribution >= 4 is 11.8 Å². The van der Waals surface area contributed by atoms with Crippen LogP contribution < -0.4 is 5.32 Å². The van der Waals surface area contributed by atoms with Crippen LogP contribution in [0, 0.1) is 0 Å². The smallest absolute Gasteiger partial charge is 0.236 e. The molecule has 1 aromatic rings. The molecule has 2 fully saturated rings. The Morgan fingerprint density at radius 3 is 2.34 bits per heavy atom. The second-order valence-corrected chi connectivity index (χ2v) is 8.42. The standard InChI is InChI=1S/C23H36N4O2/c1-20-8-5-6-13-27(20)23(29)19-26-16-14-25(15-17-26)18-22(28)24-12-7-11-21-9-3-2-4-10-21/h2-4,9-10,20H,5-8,11-19H2,1H3,(H,24,28). The van der Waals surface area contributed by atoms with E-state index in [1.54, 1.807) is 0 Å². The van der Waals surface area contributed by atoms with E-state index in [0.29, 0.717) is 19.1 Å². The number of carbonyl (C=O) groups is 2. The van der Waals surface area contributed by atoms with Crippen LogP contribution in [0.25, 0.3) is 0 Å². The third-order valence-corrected chi connectivity index (χ3v) is 6.12. The van der Waals surface area contributed by atoms with E-state index >= 15 is 0 Å². The van der Waals surface area contributed by atoms with E-state index < -0.39 is 0 Å². The maximum atomic E-state index is 12.6. The van der Waals surface area contributed by atoms with Crippen molar-refractivity contribution in [3.8, 4) is 0 Å². The van der Waals surface area contributed by atoms with Gasteiger partial charge in [0, 0.05) is 45.3 Å². The van der Waals surface area contributed by atoms with Gasteiger partial charge in [-0.05, 0) is 44.6 Å². The molecule has 1 unspecified atom stereocenters. The van der Waals surface area contributed by atoms with Crippen molar-refractivity contribution in [3.05, 3.63) is 35.9 Å². The van der Waals surface area contributed by atoms with Crippen molar-refractivity contribution < 1.29 is 9.59 Å². The third-order valence-electron chi connectivity index (χ3n) is 6.12. The zero-order valence-electron chi connectivity index (χ0n) is 17.8. The molecule has 6 nitrogen and oxygen atoms in total. The average molecular weight is 401 g/mol.